The molecule has 0 amide bonds. The van der Waals surface area contributed by atoms with Gasteiger partial charge in [0.05, 0.1) is 17.1 Å². The Morgan fingerprint density at radius 2 is 1.72 bits per heavy atom. The van der Waals surface area contributed by atoms with Crippen LogP contribution in [0, 0.1) is 12.7 Å². The van der Waals surface area contributed by atoms with E-state index in [1.165, 1.54) is 30.9 Å². The highest BCUT2D eigenvalue weighted by Gasteiger charge is 2.22. The number of hydrazine groups is 1. The van der Waals surface area contributed by atoms with E-state index < -0.39 is 23.8 Å². The van der Waals surface area contributed by atoms with Gasteiger partial charge >= 0.3 is 0 Å². The van der Waals surface area contributed by atoms with Gasteiger partial charge < -0.3 is 5.32 Å². The lowest BCUT2D eigenvalue weighted by molar-refractivity contribution is -0.0304. The van der Waals surface area contributed by atoms with E-state index >= 15 is 0 Å². The Balaban J connectivity index is 1.41. The third-order valence-electron chi connectivity index (χ3n) is 7.36. The zero-order chi connectivity index (χ0) is 25.2. The highest BCUT2D eigenvalue weighted by Crippen LogP contribution is 2.33. The molecule has 2 aliphatic heterocycles. The summed E-state index contributed by atoms with van der Waals surface area (Å²) in [5, 5.41) is 9.27. The highest BCUT2D eigenvalue weighted by atomic mass is 19.3. The highest BCUT2D eigenvalue weighted by molar-refractivity contribution is 5.94. The van der Waals surface area contributed by atoms with Crippen LogP contribution in [0.5, 0.6) is 0 Å². The van der Waals surface area contributed by atoms with E-state index in [1.54, 1.807) is 13.0 Å². The number of benzene rings is 2. The fraction of sp³-hybridized carbons (Fsp3) is 0.414. The first-order chi connectivity index (χ1) is 17.4. The van der Waals surface area contributed by atoms with Crippen LogP contribution in [0.15, 0.2) is 48.5 Å². The van der Waals surface area contributed by atoms with Crippen molar-refractivity contribution in [3.8, 4) is 0 Å². The summed E-state index contributed by atoms with van der Waals surface area (Å²) in [6.45, 7) is 7.94. The van der Waals surface area contributed by atoms with Gasteiger partial charge in [-0.15, -0.1) is 0 Å². The zero-order valence-electron chi connectivity index (χ0n) is 20.9. The number of hydrogen-bond donors (Lipinski definition) is 1. The quantitative estimate of drug-likeness (QED) is 0.390. The van der Waals surface area contributed by atoms with Gasteiger partial charge in [0, 0.05) is 48.5 Å². The van der Waals surface area contributed by atoms with Crippen molar-refractivity contribution in [3.05, 3.63) is 76.7 Å². The van der Waals surface area contributed by atoms with Crippen molar-refractivity contribution in [2.24, 2.45) is 0 Å². The lowest BCUT2D eigenvalue weighted by atomic mass is 9.97. The SMILES string of the molecule is Cc1cc(N[C@H](C)c2cccc(C(F)F)c2F)c2cc(C3=CCN(N4CCCCC4)CC3)ccc2n1. The predicted octanol–water partition coefficient (Wildman–Crippen LogP) is 7.28. The second-order valence-corrected chi connectivity index (χ2v) is 9.87. The summed E-state index contributed by atoms with van der Waals surface area (Å²) >= 11 is 0. The van der Waals surface area contributed by atoms with Gasteiger partial charge in [0.1, 0.15) is 5.82 Å². The summed E-state index contributed by atoms with van der Waals surface area (Å²) in [6, 6.07) is 11.9. The van der Waals surface area contributed by atoms with Crippen molar-refractivity contribution in [2.45, 2.75) is 52.0 Å². The minimum atomic E-state index is -2.85. The second-order valence-electron chi connectivity index (χ2n) is 9.87. The summed E-state index contributed by atoms with van der Waals surface area (Å²) in [5.41, 5.74) is 4.64. The molecule has 1 atom stereocenters. The largest absolute Gasteiger partial charge is 0.378 e. The van der Waals surface area contributed by atoms with Crippen LogP contribution in [-0.2, 0) is 0 Å². The number of anilines is 1. The second kappa shape index (κ2) is 10.6. The van der Waals surface area contributed by atoms with E-state index in [4.69, 9.17) is 0 Å². The van der Waals surface area contributed by atoms with E-state index in [1.807, 2.05) is 19.1 Å². The first-order valence-electron chi connectivity index (χ1n) is 12.8. The van der Waals surface area contributed by atoms with E-state index in [0.717, 1.165) is 66.5 Å². The summed E-state index contributed by atoms with van der Waals surface area (Å²) in [4.78, 5) is 4.68. The van der Waals surface area contributed by atoms with Gasteiger partial charge in [-0.2, -0.15) is 0 Å². The summed E-state index contributed by atoms with van der Waals surface area (Å²) < 4.78 is 41.3. The van der Waals surface area contributed by atoms with Gasteiger partial charge in [0.25, 0.3) is 6.43 Å². The zero-order valence-corrected chi connectivity index (χ0v) is 20.9. The summed E-state index contributed by atoms with van der Waals surface area (Å²) in [7, 11) is 0. The van der Waals surface area contributed by atoms with Crippen LogP contribution in [0.4, 0.5) is 18.9 Å². The Kier molecular flexibility index (Phi) is 7.30. The van der Waals surface area contributed by atoms with Crippen LogP contribution in [0.2, 0.25) is 0 Å². The van der Waals surface area contributed by atoms with Crippen molar-refractivity contribution < 1.29 is 13.2 Å². The van der Waals surface area contributed by atoms with E-state index in [-0.39, 0.29) is 5.56 Å². The molecule has 0 unspecified atom stereocenters. The monoisotopic (exact) mass is 494 g/mol. The predicted molar refractivity (Wildman–Crippen MR) is 139 cm³/mol. The molecule has 0 radical (unpaired) electrons. The van der Waals surface area contributed by atoms with Crippen LogP contribution in [0.3, 0.4) is 0 Å². The Bertz CT molecular complexity index is 1270. The molecule has 0 saturated carbocycles. The number of nitrogens with one attached hydrogen (secondary N) is 1. The first-order valence-corrected chi connectivity index (χ1v) is 12.8. The van der Waals surface area contributed by atoms with Crippen molar-refractivity contribution in [1.29, 1.82) is 0 Å². The number of piperidine rings is 1. The Hall–Kier alpha value is -2.90. The molecular formula is C29H33F3N4. The molecule has 36 heavy (non-hydrogen) atoms. The molecule has 2 aromatic carbocycles. The molecule has 1 fully saturated rings. The molecule has 7 heteroatoms. The average Bonchev–Trinajstić information content (AvgIpc) is 2.89. The Morgan fingerprint density at radius 3 is 2.44 bits per heavy atom. The van der Waals surface area contributed by atoms with Crippen molar-refractivity contribution in [2.75, 3.05) is 31.5 Å². The van der Waals surface area contributed by atoms with Gasteiger partial charge in [-0.1, -0.05) is 36.8 Å². The fourth-order valence-corrected chi connectivity index (χ4v) is 5.40. The average molecular weight is 495 g/mol. The molecule has 1 saturated heterocycles. The maximum atomic E-state index is 14.8. The van der Waals surface area contributed by atoms with Crippen molar-refractivity contribution in [1.82, 2.24) is 15.0 Å². The molecule has 4 nitrogen and oxygen atoms in total. The molecule has 3 heterocycles. The molecule has 3 aromatic rings. The smallest absolute Gasteiger partial charge is 0.266 e. The number of alkyl halides is 2. The first kappa shape index (κ1) is 24.8. The minimum Gasteiger partial charge on any atom is -0.378 e. The van der Waals surface area contributed by atoms with E-state index in [0.29, 0.717) is 0 Å². The molecule has 0 aliphatic carbocycles. The molecule has 2 aliphatic rings. The number of aryl methyl sites for hydroxylation is 1. The normalized spacial score (nSPS) is 18.4. The van der Waals surface area contributed by atoms with Crippen LogP contribution in [0.1, 0.15) is 67.5 Å². The standard InChI is InChI=1S/C29H33F3N4/c1-19-17-27(34-20(2)23-7-6-8-24(28(23)30)29(31)32)25-18-22(9-10-26(25)33-19)21-11-15-36(16-12-21)35-13-4-3-5-14-35/h6-11,17-18,20,29H,3-5,12-16H2,1-2H3,(H,33,34)/t20-/m1/s1. The van der Waals surface area contributed by atoms with Gasteiger partial charge in [-0.05, 0) is 62.4 Å². The Morgan fingerprint density at radius 1 is 0.944 bits per heavy atom. The summed E-state index contributed by atoms with van der Waals surface area (Å²) in [5.74, 6) is -0.853. The molecule has 1 aromatic heterocycles. The Labute approximate surface area is 210 Å². The maximum absolute atomic E-state index is 14.8. The number of aromatic nitrogens is 1. The van der Waals surface area contributed by atoms with Crippen molar-refractivity contribution in [3.63, 3.8) is 0 Å². The van der Waals surface area contributed by atoms with Gasteiger partial charge in [0.15, 0.2) is 0 Å². The summed E-state index contributed by atoms with van der Waals surface area (Å²) in [6.07, 6.45) is 4.32. The molecule has 1 N–H and O–H groups in total. The third-order valence-corrected chi connectivity index (χ3v) is 7.36. The van der Waals surface area contributed by atoms with E-state index in [2.05, 4.69) is 38.5 Å². The topological polar surface area (TPSA) is 31.4 Å². The number of pyridine rings is 1. The van der Waals surface area contributed by atoms with Gasteiger partial charge in [-0.3, -0.25) is 4.98 Å². The number of nitrogens with zero attached hydrogens (tertiary/aromatic N) is 3. The lowest BCUT2D eigenvalue weighted by Crippen LogP contribution is -2.47. The molecule has 0 spiro atoms. The fourth-order valence-electron chi connectivity index (χ4n) is 5.40. The van der Waals surface area contributed by atoms with Crippen LogP contribution >= 0.6 is 0 Å². The number of halogens is 3. The van der Waals surface area contributed by atoms with Crippen LogP contribution < -0.4 is 5.32 Å². The molecule has 5 rings (SSSR count). The van der Waals surface area contributed by atoms with E-state index in [9.17, 15) is 13.2 Å². The molecule has 0 bridgehead atoms. The third kappa shape index (κ3) is 5.13. The lowest BCUT2D eigenvalue weighted by Gasteiger charge is -2.39. The van der Waals surface area contributed by atoms with Crippen LogP contribution in [0.25, 0.3) is 16.5 Å². The van der Waals surface area contributed by atoms with Crippen molar-refractivity contribution >= 4 is 22.2 Å². The maximum Gasteiger partial charge on any atom is 0.266 e. The van der Waals surface area contributed by atoms with Gasteiger partial charge in [0.2, 0.25) is 0 Å². The number of hydrogen-bond acceptors (Lipinski definition) is 4. The number of rotatable bonds is 6. The number of fused-ring (bicyclic) bond motifs is 1. The molecular weight excluding hydrogens is 461 g/mol. The van der Waals surface area contributed by atoms with Gasteiger partial charge in [-0.25, -0.2) is 23.2 Å². The van der Waals surface area contributed by atoms with Crippen LogP contribution in [-0.4, -0.2) is 41.2 Å². The minimum absolute atomic E-state index is 0.222. The molecule has 190 valence electrons.